The maximum absolute atomic E-state index is 13.7. The second-order valence-corrected chi connectivity index (χ2v) is 10.6. The first-order valence-electron chi connectivity index (χ1n) is 13.4. The average Bonchev–Trinajstić information content (AvgIpc) is 3.49. The van der Waals surface area contributed by atoms with Gasteiger partial charge in [-0.2, -0.15) is 0 Å². The van der Waals surface area contributed by atoms with E-state index in [-0.39, 0.29) is 18.1 Å². The highest BCUT2D eigenvalue weighted by atomic mass is 35.5. The number of ether oxygens (including phenoxy) is 1. The number of ketones is 1. The van der Waals surface area contributed by atoms with Gasteiger partial charge in [0.25, 0.3) is 0 Å². The lowest BCUT2D eigenvalue weighted by molar-refractivity contribution is -0.116. The molecule has 1 N–H and O–H groups in total. The van der Waals surface area contributed by atoms with Crippen molar-refractivity contribution >= 4 is 34.7 Å². The third kappa shape index (κ3) is 4.19. The fraction of sp³-hybridized carbons (Fsp3) is 0.121. The molecule has 1 aromatic heterocycles. The number of hydrogen-bond donors (Lipinski definition) is 1. The molecule has 0 fully saturated rings. The number of hydrogen-bond acceptors (Lipinski definition) is 6. The normalized spacial score (nSPS) is 14.7. The summed E-state index contributed by atoms with van der Waals surface area (Å²) in [5, 5.41) is 12.4. The molecule has 0 saturated heterocycles. The minimum atomic E-state index is -0.667. The topological polar surface area (TPSA) is 98.5 Å². The average molecular weight is 574 g/mol. The van der Waals surface area contributed by atoms with Crippen LogP contribution < -0.4 is 10.1 Å². The van der Waals surface area contributed by atoms with Crippen molar-refractivity contribution in [1.82, 2.24) is 14.8 Å². The predicted molar refractivity (Wildman–Crippen MR) is 161 cm³/mol. The van der Waals surface area contributed by atoms with Crippen molar-refractivity contribution < 1.29 is 14.3 Å². The van der Waals surface area contributed by atoms with Crippen LogP contribution in [0, 0.1) is 6.92 Å². The molecule has 1 aliphatic carbocycles. The molecule has 4 aromatic carbocycles. The molecule has 1 amide bonds. The Kier molecular flexibility index (Phi) is 6.21. The number of aryl methyl sites for hydroxylation is 1. The van der Waals surface area contributed by atoms with Crippen LogP contribution in [0.15, 0.2) is 89.9 Å². The van der Waals surface area contributed by atoms with Crippen LogP contribution in [-0.2, 0) is 4.79 Å². The van der Waals surface area contributed by atoms with E-state index >= 15 is 0 Å². The number of aliphatic imine (C=N–C) groups is 1. The summed E-state index contributed by atoms with van der Waals surface area (Å²) in [5.41, 5.74) is 6.43. The molecule has 1 aliphatic heterocycles. The Morgan fingerprint density at radius 1 is 0.929 bits per heavy atom. The molecule has 1 atom stereocenters. The van der Waals surface area contributed by atoms with Crippen molar-refractivity contribution in [1.29, 1.82) is 0 Å². The fourth-order valence-corrected chi connectivity index (χ4v) is 5.86. The van der Waals surface area contributed by atoms with Crippen LogP contribution in [0.25, 0.3) is 16.8 Å². The summed E-state index contributed by atoms with van der Waals surface area (Å²) < 4.78 is 7.47. The Hall–Kier alpha value is -5.08. The van der Waals surface area contributed by atoms with Crippen LogP contribution >= 0.6 is 11.6 Å². The van der Waals surface area contributed by atoms with Gasteiger partial charge in [-0.15, -0.1) is 10.2 Å². The molecule has 0 spiro atoms. The van der Waals surface area contributed by atoms with E-state index in [1.165, 1.54) is 0 Å². The van der Waals surface area contributed by atoms with Gasteiger partial charge in [0.2, 0.25) is 5.91 Å². The Morgan fingerprint density at radius 3 is 2.48 bits per heavy atom. The molecule has 9 heteroatoms. The molecule has 5 aromatic rings. The second-order valence-electron chi connectivity index (χ2n) is 10.2. The van der Waals surface area contributed by atoms with E-state index in [0.717, 1.165) is 27.9 Å². The van der Waals surface area contributed by atoms with Gasteiger partial charge < -0.3 is 10.1 Å². The maximum Gasteiger partial charge on any atom is 0.227 e. The quantitative estimate of drug-likeness (QED) is 0.258. The highest BCUT2D eigenvalue weighted by molar-refractivity contribution is 6.30. The number of halogens is 1. The minimum Gasteiger partial charge on any atom is -0.497 e. The Morgan fingerprint density at radius 2 is 1.69 bits per heavy atom. The van der Waals surface area contributed by atoms with E-state index < -0.39 is 6.04 Å². The molecule has 2 heterocycles. The van der Waals surface area contributed by atoms with Crippen molar-refractivity contribution in [2.24, 2.45) is 4.99 Å². The predicted octanol–water partition coefficient (Wildman–Crippen LogP) is 6.37. The number of rotatable bonds is 5. The largest absolute Gasteiger partial charge is 0.497 e. The Labute approximate surface area is 246 Å². The fourth-order valence-electron chi connectivity index (χ4n) is 5.73. The zero-order valence-corrected chi connectivity index (χ0v) is 23.5. The third-order valence-electron chi connectivity index (χ3n) is 7.66. The number of nitrogens with one attached hydrogen (secondary N) is 1. The van der Waals surface area contributed by atoms with E-state index in [4.69, 9.17) is 21.3 Å². The third-order valence-corrected chi connectivity index (χ3v) is 7.91. The van der Waals surface area contributed by atoms with Crippen LogP contribution in [-0.4, -0.2) is 39.3 Å². The van der Waals surface area contributed by atoms with E-state index in [9.17, 15) is 9.59 Å². The van der Waals surface area contributed by atoms with Crippen LogP contribution in [0.4, 0.5) is 5.69 Å². The Balaban J connectivity index is 1.29. The lowest BCUT2D eigenvalue weighted by Gasteiger charge is -2.14. The van der Waals surface area contributed by atoms with E-state index in [2.05, 4.69) is 15.5 Å². The zero-order chi connectivity index (χ0) is 29.0. The van der Waals surface area contributed by atoms with Crippen LogP contribution in [0.3, 0.4) is 0 Å². The smallest absolute Gasteiger partial charge is 0.227 e. The molecule has 206 valence electrons. The molecule has 8 nitrogen and oxygen atoms in total. The Bertz CT molecular complexity index is 1940. The highest BCUT2D eigenvalue weighted by Gasteiger charge is 2.32. The first-order chi connectivity index (χ1) is 20.4. The molecule has 2 aliphatic rings. The van der Waals surface area contributed by atoms with Crippen LogP contribution in [0.1, 0.15) is 51.2 Å². The van der Waals surface area contributed by atoms with E-state index in [1.807, 2.05) is 90.4 Å². The molecule has 7 rings (SSSR count). The van der Waals surface area contributed by atoms with E-state index in [1.54, 1.807) is 13.2 Å². The molecule has 0 bridgehead atoms. The minimum absolute atomic E-state index is 0.0227. The molecule has 0 saturated carbocycles. The van der Waals surface area contributed by atoms with Gasteiger partial charge in [-0.3, -0.25) is 19.1 Å². The number of carbonyl (C=O) groups excluding carboxylic acids is 2. The summed E-state index contributed by atoms with van der Waals surface area (Å²) in [6.07, 6.45) is -0.0227. The number of benzene rings is 4. The number of fused-ring (bicyclic) bond motifs is 6. The summed E-state index contributed by atoms with van der Waals surface area (Å²) in [5.74, 6) is 1.47. The number of carbonyl (C=O) groups is 2. The summed E-state index contributed by atoms with van der Waals surface area (Å²) >= 11 is 6.20. The van der Waals surface area contributed by atoms with Crippen molar-refractivity contribution in [3.05, 3.63) is 124 Å². The first-order valence-corrected chi connectivity index (χ1v) is 13.8. The second kappa shape index (κ2) is 10.1. The van der Waals surface area contributed by atoms with Gasteiger partial charge in [0.05, 0.1) is 36.2 Å². The van der Waals surface area contributed by atoms with E-state index in [0.29, 0.717) is 44.9 Å². The molecule has 0 unspecified atom stereocenters. The summed E-state index contributed by atoms with van der Waals surface area (Å²) in [6.45, 7) is 1.87. The van der Waals surface area contributed by atoms with Crippen molar-refractivity contribution in [3.63, 3.8) is 0 Å². The molecular formula is C33H24ClN5O3. The van der Waals surface area contributed by atoms with Crippen LogP contribution in [0.5, 0.6) is 5.75 Å². The van der Waals surface area contributed by atoms with Gasteiger partial charge in [-0.25, -0.2) is 0 Å². The lowest BCUT2D eigenvalue weighted by Crippen LogP contribution is -2.18. The summed E-state index contributed by atoms with van der Waals surface area (Å²) in [6, 6.07) is 25.5. The standard InChI is InChI=1S/C33H24ClN5O3/c1-18-37-38-33-27(17-29(40)35-26-9-5-8-23-22-6-3-4-7-24(22)32(41)30(23)26)36-31(19-10-12-20(34)13-11-19)25-16-21(42-2)14-15-28(25)39(18)33/h3-16,27H,17H2,1-2H3,(H,35,40)/t27-/m0/s1. The molecular weight excluding hydrogens is 550 g/mol. The highest BCUT2D eigenvalue weighted by Crippen LogP contribution is 2.40. The molecule has 42 heavy (non-hydrogen) atoms. The number of methoxy groups -OCH3 is 1. The number of nitrogens with zero attached hydrogens (tertiary/aromatic N) is 4. The van der Waals surface area contributed by atoms with Crippen molar-refractivity contribution in [2.45, 2.75) is 19.4 Å². The first kappa shape index (κ1) is 25.9. The van der Waals surface area contributed by atoms with Crippen molar-refractivity contribution in [3.8, 4) is 22.6 Å². The van der Waals surface area contributed by atoms with Gasteiger partial charge in [0.15, 0.2) is 11.6 Å². The number of amides is 1. The zero-order valence-electron chi connectivity index (χ0n) is 22.8. The van der Waals surface area contributed by atoms with Crippen molar-refractivity contribution in [2.75, 3.05) is 12.4 Å². The van der Waals surface area contributed by atoms with Gasteiger partial charge in [0.1, 0.15) is 17.6 Å². The van der Waals surface area contributed by atoms with Gasteiger partial charge in [0, 0.05) is 21.7 Å². The van der Waals surface area contributed by atoms with Gasteiger partial charge in [-0.05, 0) is 54.4 Å². The van der Waals surface area contributed by atoms with Gasteiger partial charge >= 0.3 is 0 Å². The lowest BCUT2D eigenvalue weighted by atomic mass is 10.00. The number of anilines is 1. The summed E-state index contributed by atoms with van der Waals surface area (Å²) in [7, 11) is 1.61. The monoisotopic (exact) mass is 573 g/mol. The van der Waals surface area contributed by atoms with Crippen LogP contribution in [0.2, 0.25) is 5.02 Å². The summed E-state index contributed by atoms with van der Waals surface area (Å²) in [4.78, 5) is 32.1. The number of aromatic nitrogens is 3. The van der Waals surface area contributed by atoms with Gasteiger partial charge in [-0.1, -0.05) is 60.1 Å². The SMILES string of the molecule is COc1ccc2c(c1)C(c1ccc(Cl)cc1)=N[C@@H](CC(=O)Nc1cccc3c1C(=O)c1ccccc1-3)c1nnc(C)n1-2. The maximum atomic E-state index is 13.7. The molecule has 0 radical (unpaired) electrons.